The van der Waals surface area contributed by atoms with E-state index >= 15 is 0 Å². The van der Waals surface area contributed by atoms with Crippen LogP contribution in [0.4, 0.5) is 0 Å². The van der Waals surface area contributed by atoms with Crippen LogP contribution in [0.3, 0.4) is 0 Å². The first-order valence-corrected chi connectivity index (χ1v) is 5.06. The van der Waals surface area contributed by atoms with E-state index in [1.165, 1.54) is 0 Å². The van der Waals surface area contributed by atoms with Crippen LogP contribution in [-0.2, 0) is 4.74 Å². The van der Waals surface area contributed by atoms with Gasteiger partial charge in [0.05, 0.1) is 6.10 Å². The van der Waals surface area contributed by atoms with Gasteiger partial charge in [-0.2, -0.15) is 0 Å². The first kappa shape index (κ1) is 10.6. The number of aliphatic imine (C=N–C) groups is 1. The van der Waals surface area contributed by atoms with Gasteiger partial charge in [-0.25, -0.2) is 4.98 Å². The van der Waals surface area contributed by atoms with Crippen molar-refractivity contribution in [1.82, 2.24) is 4.98 Å². The number of hydrogen-bond acceptors (Lipinski definition) is 3. The Labute approximate surface area is 94.9 Å². The molecule has 1 aliphatic rings. The molecule has 3 nitrogen and oxygen atoms in total. The van der Waals surface area contributed by atoms with Crippen LogP contribution in [0, 0.1) is 11.8 Å². The van der Waals surface area contributed by atoms with E-state index in [9.17, 15) is 0 Å². The smallest absolute Gasteiger partial charge is 0.113 e. The number of aromatic nitrogens is 1. The summed E-state index contributed by atoms with van der Waals surface area (Å²) >= 11 is 0. The molecule has 0 spiro atoms. The fraction of sp³-hybridized carbons (Fsp3) is 0.231. The number of nitrogens with zero attached hydrogens (tertiary/aromatic N) is 2. The van der Waals surface area contributed by atoms with Crippen LogP contribution in [0.15, 0.2) is 41.2 Å². The highest BCUT2D eigenvalue weighted by Gasteiger charge is 2.09. The summed E-state index contributed by atoms with van der Waals surface area (Å²) in [6.07, 6.45) is 6.10. The Morgan fingerprint density at radius 3 is 3.06 bits per heavy atom. The molecule has 0 saturated carbocycles. The zero-order valence-electron chi connectivity index (χ0n) is 9.05. The molecule has 0 saturated heterocycles. The van der Waals surface area contributed by atoms with Gasteiger partial charge >= 0.3 is 0 Å². The van der Waals surface area contributed by atoms with Crippen molar-refractivity contribution >= 4 is 6.21 Å². The monoisotopic (exact) mass is 212 g/mol. The first-order chi connectivity index (χ1) is 7.88. The Kier molecular flexibility index (Phi) is 3.47. The summed E-state index contributed by atoms with van der Waals surface area (Å²) in [5.41, 5.74) is 1.74. The van der Waals surface area contributed by atoms with Gasteiger partial charge in [-0.15, -0.1) is 0 Å². The van der Waals surface area contributed by atoms with Gasteiger partial charge in [0.15, 0.2) is 0 Å². The molecule has 0 amide bonds. The Hall–Kier alpha value is -1.92. The number of pyridine rings is 1. The van der Waals surface area contributed by atoms with Crippen molar-refractivity contribution < 1.29 is 4.74 Å². The van der Waals surface area contributed by atoms with E-state index in [2.05, 4.69) is 21.8 Å². The fourth-order valence-electron chi connectivity index (χ4n) is 1.36. The molecule has 0 radical (unpaired) electrons. The SMILES string of the molecule is COC1C=NC=C(C#Cc2ccccn2)C1. The Morgan fingerprint density at radius 2 is 2.31 bits per heavy atom. The van der Waals surface area contributed by atoms with Crippen LogP contribution >= 0.6 is 0 Å². The molecular formula is C13H12N2O. The molecule has 80 valence electrons. The normalized spacial score (nSPS) is 18.6. The lowest BCUT2D eigenvalue weighted by Crippen LogP contribution is -2.15. The van der Waals surface area contributed by atoms with Crippen LogP contribution < -0.4 is 0 Å². The summed E-state index contributed by atoms with van der Waals surface area (Å²) in [6, 6.07) is 5.67. The predicted octanol–water partition coefficient (Wildman–Crippen LogP) is 1.81. The average molecular weight is 212 g/mol. The maximum atomic E-state index is 5.20. The molecular weight excluding hydrogens is 200 g/mol. The van der Waals surface area contributed by atoms with Crippen molar-refractivity contribution in [2.45, 2.75) is 12.5 Å². The van der Waals surface area contributed by atoms with Crippen LogP contribution in [0.5, 0.6) is 0 Å². The lowest BCUT2D eigenvalue weighted by Gasteiger charge is -2.12. The van der Waals surface area contributed by atoms with Gasteiger partial charge in [0.25, 0.3) is 0 Å². The molecule has 1 unspecified atom stereocenters. The molecule has 0 fully saturated rings. The standard InChI is InChI=1S/C13H12N2O/c1-16-13-8-11(9-14-10-13)5-6-12-4-2-3-7-15-12/h2-4,7,9-10,13H,8H2,1H3. The van der Waals surface area contributed by atoms with E-state index in [-0.39, 0.29) is 6.10 Å². The summed E-state index contributed by atoms with van der Waals surface area (Å²) < 4.78 is 5.20. The number of ether oxygens (including phenoxy) is 1. The summed E-state index contributed by atoms with van der Waals surface area (Å²) in [5, 5.41) is 0. The topological polar surface area (TPSA) is 34.5 Å². The number of hydrogen-bond donors (Lipinski definition) is 0. The second kappa shape index (κ2) is 5.24. The predicted molar refractivity (Wildman–Crippen MR) is 63.1 cm³/mol. The van der Waals surface area contributed by atoms with Crippen molar-refractivity contribution in [3.05, 3.63) is 41.9 Å². The van der Waals surface area contributed by atoms with E-state index in [0.29, 0.717) is 0 Å². The van der Waals surface area contributed by atoms with Crippen molar-refractivity contribution in [2.75, 3.05) is 7.11 Å². The van der Waals surface area contributed by atoms with Crippen molar-refractivity contribution in [2.24, 2.45) is 4.99 Å². The largest absolute Gasteiger partial charge is 0.375 e. The molecule has 1 aliphatic heterocycles. The Balaban J connectivity index is 2.09. The molecule has 2 heterocycles. The summed E-state index contributed by atoms with van der Waals surface area (Å²) in [6.45, 7) is 0. The highest BCUT2D eigenvalue weighted by atomic mass is 16.5. The van der Waals surface area contributed by atoms with E-state index in [0.717, 1.165) is 17.7 Å². The molecule has 0 bridgehead atoms. The van der Waals surface area contributed by atoms with E-state index in [4.69, 9.17) is 4.74 Å². The third-order valence-electron chi connectivity index (χ3n) is 2.22. The van der Waals surface area contributed by atoms with Crippen LogP contribution in [-0.4, -0.2) is 24.4 Å². The average Bonchev–Trinajstić information content (AvgIpc) is 2.38. The molecule has 16 heavy (non-hydrogen) atoms. The van der Waals surface area contributed by atoms with Gasteiger partial charge in [-0.3, -0.25) is 4.99 Å². The third-order valence-corrected chi connectivity index (χ3v) is 2.22. The minimum absolute atomic E-state index is 0.0398. The zero-order valence-corrected chi connectivity index (χ0v) is 9.05. The highest BCUT2D eigenvalue weighted by molar-refractivity contribution is 5.67. The minimum Gasteiger partial charge on any atom is -0.375 e. The summed E-state index contributed by atoms with van der Waals surface area (Å²) in [5.74, 6) is 6.06. The van der Waals surface area contributed by atoms with Gasteiger partial charge in [0, 0.05) is 37.7 Å². The van der Waals surface area contributed by atoms with Crippen LogP contribution in [0.1, 0.15) is 12.1 Å². The van der Waals surface area contributed by atoms with Crippen LogP contribution in [0.25, 0.3) is 0 Å². The van der Waals surface area contributed by atoms with Gasteiger partial charge in [-0.1, -0.05) is 12.0 Å². The first-order valence-electron chi connectivity index (χ1n) is 5.06. The van der Waals surface area contributed by atoms with Gasteiger partial charge < -0.3 is 4.74 Å². The minimum atomic E-state index is 0.0398. The molecule has 1 aromatic heterocycles. The van der Waals surface area contributed by atoms with E-state index in [1.54, 1.807) is 25.7 Å². The van der Waals surface area contributed by atoms with Crippen LogP contribution in [0.2, 0.25) is 0 Å². The summed E-state index contributed by atoms with van der Waals surface area (Å²) in [4.78, 5) is 8.22. The summed E-state index contributed by atoms with van der Waals surface area (Å²) in [7, 11) is 1.67. The molecule has 1 atom stereocenters. The van der Waals surface area contributed by atoms with Crippen molar-refractivity contribution in [3.8, 4) is 11.8 Å². The second-order valence-corrected chi connectivity index (χ2v) is 3.40. The van der Waals surface area contributed by atoms with Gasteiger partial charge in [0.1, 0.15) is 5.69 Å². The maximum Gasteiger partial charge on any atom is 0.113 e. The Bertz CT molecular complexity index is 466. The lowest BCUT2D eigenvalue weighted by atomic mass is 10.1. The second-order valence-electron chi connectivity index (χ2n) is 3.40. The maximum absolute atomic E-state index is 5.20. The van der Waals surface area contributed by atoms with E-state index < -0.39 is 0 Å². The fourth-order valence-corrected chi connectivity index (χ4v) is 1.36. The third kappa shape index (κ3) is 2.78. The van der Waals surface area contributed by atoms with E-state index in [1.807, 2.05) is 18.2 Å². The zero-order chi connectivity index (χ0) is 11.2. The molecule has 0 aliphatic carbocycles. The van der Waals surface area contributed by atoms with Gasteiger partial charge in [0.2, 0.25) is 0 Å². The number of rotatable bonds is 1. The molecule has 0 aromatic carbocycles. The molecule has 2 rings (SSSR count). The van der Waals surface area contributed by atoms with Gasteiger partial charge in [-0.05, 0) is 18.1 Å². The molecule has 0 N–H and O–H groups in total. The molecule has 3 heteroatoms. The Morgan fingerprint density at radius 1 is 1.38 bits per heavy atom. The lowest BCUT2D eigenvalue weighted by molar-refractivity contribution is 0.159. The molecule has 1 aromatic rings. The quantitative estimate of drug-likeness (QED) is 0.665. The number of methoxy groups -OCH3 is 1. The van der Waals surface area contributed by atoms with Crippen molar-refractivity contribution in [3.63, 3.8) is 0 Å². The van der Waals surface area contributed by atoms with Crippen molar-refractivity contribution in [1.29, 1.82) is 0 Å². The highest BCUT2D eigenvalue weighted by Crippen LogP contribution is 2.10.